The molecule has 1 atom stereocenters. The maximum atomic E-state index is 11.8. The molecule has 3 N–H and O–H groups in total. The standard InChI is InChI=1S/C14H21BrN2O2/c1-3-14(2,8-9-18)16-10-13(19)17-12-6-4-11(15)5-7-12/h4-7,16,18H,3,8-10H2,1-2H3,(H,17,19). The molecule has 0 radical (unpaired) electrons. The molecule has 0 bridgehead atoms. The van der Waals surface area contributed by atoms with Crippen molar-refractivity contribution in [3.8, 4) is 0 Å². The molecule has 0 aliphatic rings. The molecule has 0 heterocycles. The number of hydrogen-bond acceptors (Lipinski definition) is 3. The van der Waals surface area contributed by atoms with E-state index in [-0.39, 0.29) is 24.6 Å². The quantitative estimate of drug-likeness (QED) is 0.720. The van der Waals surface area contributed by atoms with Crippen LogP contribution < -0.4 is 10.6 Å². The number of hydrogen-bond donors (Lipinski definition) is 3. The lowest BCUT2D eigenvalue weighted by Gasteiger charge is -2.28. The van der Waals surface area contributed by atoms with Crippen molar-refractivity contribution in [1.29, 1.82) is 0 Å². The van der Waals surface area contributed by atoms with Gasteiger partial charge in [0.15, 0.2) is 0 Å². The molecule has 1 amide bonds. The summed E-state index contributed by atoms with van der Waals surface area (Å²) in [6.45, 7) is 4.40. The van der Waals surface area contributed by atoms with Gasteiger partial charge in [0.25, 0.3) is 0 Å². The number of halogens is 1. The van der Waals surface area contributed by atoms with E-state index in [0.717, 1.165) is 16.6 Å². The minimum absolute atomic E-state index is 0.0834. The van der Waals surface area contributed by atoms with Crippen LogP contribution in [0, 0.1) is 0 Å². The van der Waals surface area contributed by atoms with Crippen LogP contribution in [-0.4, -0.2) is 29.7 Å². The van der Waals surface area contributed by atoms with Crippen molar-refractivity contribution >= 4 is 27.5 Å². The number of carbonyl (C=O) groups excluding carboxylic acids is 1. The van der Waals surface area contributed by atoms with Crippen LogP contribution in [0.25, 0.3) is 0 Å². The fourth-order valence-corrected chi connectivity index (χ4v) is 1.93. The topological polar surface area (TPSA) is 61.4 Å². The second-order valence-electron chi connectivity index (χ2n) is 4.80. The van der Waals surface area contributed by atoms with Crippen LogP contribution >= 0.6 is 15.9 Å². The predicted octanol–water partition coefficient (Wildman–Crippen LogP) is 2.53. The number of amides is 1. The van der Waals surface area contributed by atoms with E-state index in [9.17, 15) is 4.79 Å². The molecule has 0 aromatic heterocycles. The highest BCUT2D eigenvalue weighted by Crippen LogP contribution is 2.15. The van der Waals surface area contributed by atoms with Crippen molar-refractivity contribution < 1.29 is 9.90 Å². The molecule has 0 spiro atoms. The first-order chi connectivity index (χ1) is 8.99. The molecule has 19 heavy (non-hydrogen) atoms. The number of aliphatic hydroxyl groups is 1. The Labute approximate surface area is 122 Å². The summed E-state index contributed by atoms with van der Waals surface area (Å²) in [4.78, 5) is 11.8. The van der Waals surface area contributed by atoms with E-state index in [0.29, 0.717) is 6.42 Å². The molecule has 0 saturated heterocycles. The Bertz CT molecular complexity index is 408. The van der Waals surface area contributed by atoms with Gasteiger partial charge < -0.3 is 15.7 Å². The summed E-state index contributed by atoms with van der Waals surface area (Å²) < 4.78 is 0.977. The smallest absolute Gasteiger partial charge is 0.238 e. The Morgan fingerprint density at radius 1 is 1.37 bits per heavy atom. The molecular weight excluding hydrogens is 308 g/mol. The normalized spacial score (nSPS) is 13.9. The summed E-state index contributed by atoms with van der Waals surface area (Å²) in [5.41, 5.74) is 0.571. The molecule has 1 rings (SSSR count). The Morgan fingerprint density at radius 3 is 2.53 bits per heavy atom. The van der Waals surface area contributed by atoms with Gasteiger partial charge in [0, 0.05) is 22.3 Å². The van der Waals surface area contributed by atoms with Crippen LogP contribution in [0.2, 0.25) is 0 Å². The monoisotopic (exact) mass is 328 g/mol. The van der Waals surface area contributed by atoms with Gasteiger partial charge in [0.2, 0.25) is 5.91 Å². The van der Waals surface area contributed by atoms with Crippen LogP contribution in [-0.2, 0) is 4.79 Å². The maximum Gasteiger partial charge on any atom is 0.238 e. The number of benzene rings is 1. The first kappa shape index (κ1) is 16.1. The molecule has 1 unspecified atom stereocenters. The first-order valence-corrected chi connectivity index (χ1v) is 7.20. The largest absolute Gasteiger partial charge is 0.396 e. The lowest BCUT2D eigenvalue weighted by atomic mass is 9.95. The van der Waals surface area contributed by atoms with E-state index in [1.165, 1.54) is 0 Å². The summed E-state index contributed by atoms with van der Waals surface area (Å²) >= 11 is 3.35. The van der Waals surface area contributed by atoms with Gasteiger partial charge in [-0.1, -0.05) is 22.9 Å². The Balaban J connectivity index is 2.45. The van der Waals surface area contributed by atoms with E-state index < -0.39 is 0 Å². The van der Waals surface area contributed by atoms with Gasteiger partial charge in [-0.25, -0.2) is 0 Å². The third-order valence-electron chi connectivity index (χ3n) is 3.25. The summed E-state index contributed by atoms with van der Waals surface area (Å²) in [6.07, 6.45) is 1.49. The zero-order valence-corrected chi connectivity index (χ0v) is 13.0. The Hall–Kier alpha value is -0.910. The molecule has 1 aromatic rings. The summed E-state index contributed by atoms with van der Waals surface area (Å²) in [7, 11) is 0. The van der Waals surface area contributed by atoms with Crippen LogP contribution in [0.3, 0.4) is 0 Å². The highest BCUT2D eigenvalue weighted by molar-refractivity contribution is 9.10. The first-order valence-electron chi connectivity index (χ1n) is 6.40. The number of aliphatic hydroxyl groups excluding tert-OH is 1. The summed E-state index contributed by atoms with van der Waals surface area (Å²) in [5.74, 6) is -0.0834. The minimum atomic E-state index is -0.203. The van der Waals surface area contributed by atoms with Crippen LogP contribution in [0.5, 0.6) is 0 Å². The van der Waals surface area contributed by atoms with Gasteiger partial charge in [-0.05, 0) is 44.0 Å². The van der Waals surface area contributed by atoms with E-state index in [1.54, 1.807) is 0 Å². The molecule has 4 nitrogen and oxygen atoms in total. The lowest BCUT2D eigenvalue weighted by molar-refractivity contribution is -0.115. The van der Waals surface area contributed by atoms with Crippen LogP contribution in [0.1, 0.15) is 26.7 Å². The lowest BCUT2D eigenvalue weighted by Crippen LogP contribution is -2.46. The number of rotatable bonds is 7. The highest BCUT2D eigenvalue weighted by atomic mass is 79.9. The molecule has 106 valence electrons. The van der Waals surface area contributed by atoms with Crippen molar-refractivity contribution in [2.75, 3.05) is 18.5 Å². The van der Waals surface area contributed by atoms with Gasteiger partial charge in [0.05, 0.1) is 6.54 Å². The SMILES string of the molecule is CCC(C)(CCO)NCC(=O)Nc1ccc(Br)cc1. The fourth-order valence-electron chi connectivity index (χ4n) is 1.67. The van der Waals surface area contributed by atoms with Crippen molar-refractivity contribution in [3.05, 3.63) is 28.7 Å². The van der Waals surface area contributed by atoms with E-state index in [4.69, 9.17) is 5.11 Å². The molecule has 1 aromatic carbocycles. The van der Waals surface area contributed by atoms with Crippen LogP contribution in [0.4, 0.5) is 5.69 Å². The number of carbonyl (C=O) groups is 1. The number of nitrogens with one attached hydrogen (secondary N) is 2. The second-order valence-corrected chi connectivity index (χ2v) is 5.71. The van der Waals surface area contributed by atoms with Gasteiger partial charge in [-0.2, -0.15) is 0 Å². The van der Waals surface area contributed by atoms with Crippen LogP contribution in [0.15, 0.2) is 28.7 Å². The average molecular weight is 329 g/mol. The average Bonchev–Trinajstić information content (AvgIpc) is 2.40. The second kappa shape index (κ2) is 7.62. The zero-order chi connectivity index (χ0) is 14.3. The molecule has 0 saturated carbocycles. The highest BCUT2D eigenvalue weighted by Gasteiger charge is 2.21. The predicted molar refractivity (Wildman–Crippen MR) is 81.2 cm³/mol. The van der Waals surface area contributed by atoms with E-state index in [1.807, 2.05) is 38.1 Å². The Kier molecular flexibility index (Phi) is 6.48. The van der Waals surface area contributed by atoms with Crippen molar-refractivity contribution in [3.63, 3.8) is 0 Å². The number of anilines is 1. The molecular formula is C14H21BrN2O2. The summed E-state index contributed by atoms with van der Waals surface area (Å²) in [5, 5.41) is 15.0. The van der Waals surface area contributed by atoms with Gasteiger partial charge in [-0.3, -0.25) is 4.79 Å². The summed E-state index contributed by atoms with van der Waals surface area (Å²) in [6, 6.07) is 7.44. The van der Waals surface area contributed by atoms with Gasteiger partial charge in [0.1, 0.15) is 0 Å². The van der Waals surface area contributed by atoms with E-state index >= 15 is 0 Å². The zero-order valence-electron chi connectivity index (χ0n) is 11.4. The van der Waals surface area contributed by atoms with Gasteiger partial charge >= 0.3 is 0 Å². The van der Waals surface area contributed by atoms with Gasteiger partial charge in [-0.15, -0.1) is 0 Å². The van der Waals surface area contributed by atoms with E-state index in [2.05, 4.69) is 26.6 Å². The van der Waals surface area contributed by atoms with Crippen molar-refractivity contribution in [2.24, 2.45) is 0 Å². The minimum Gasteiger partial charge on any atom is -0.396 e. The molecule has 0 aliphatic carbocycles. The third kappa shape index (κ3) is 5.72. The maximum absolute atomic E-state index is 11.8. The van der Waals surface area contributed by atoms with Crippen molar-refractivity contribution in [1.82, 2.24) is 5.32 Å². The third-order valence-corrected chi connectivity index (χ3v) is 3.78. The molecule has 5 heteroatoms. The molecule has 0 aliphatic heterocycles. The fraction of sp³-hybridized carbons (Fsp3) is 0.500. The molecule has 0 fully saturated rings. The Morgan fingerprint density at radius 2 is 2.00 bits per heavy atom. The van der Waals surface area contributed by atoms with Crippen molar-refractivity contribution in [2.45, 2.75) is 32.2 Å².